The average molecular weight is 539 g/mol. The molecule has 0 unspecified atom stereocenters. The number of amides is 2. The van der Waals surface area contributed by atoms with Gasteiger partial charge in [-0.1, -0.05) is 36.8 Å². The summed E-state index contributed by atoms with van der Waals surface area (Å²) in [6, 6.07) is 13.4. The quantitative estimate of drug-likeness (QED) is 0.240. The lowest BCUT2D eigenvalue weighted by Gasteiger charge is -2.21. The zero-order valence-corrected chi connectivity index (χ0v) is 23.0. The highest BCUT2D eigenvalue weighted by molar-refractivity contribution is 6.50. The van der Waals surface area contributed by atoms with Crippen LogP contribution in [0.15, 0.2) is 54.9 Å². The summed E-state index contributed by atoms with van der Waals surface area (Å²) in [6.07, 6.45) is 9.68. The van der Waals surface area contributed by atoms with Crippen molar-refractivity contribution in [2.75, 3.05) is 20.6 Å². The predicted octanol–water partition coefficient (Wildman–Crippen LogP) is 5.13. The van der Waals surface area contributed by atoms with Gasteiger partial charge in [0.2, 0.25) is 0 Å². The van der Waals surface area contributed by atoms with Crippen LogP contribution in [0.4, 0.5) is 0 Å². The van der Waals surface area contributed by atoms with E-state index in [1.165, 1.54) is 6.42 Å². The average Bonchev–Trinajstić information content (AvgIpc) is 3.61. The Labute approximate surface area is 233 Å². The molecule has 0 radical (unpaired) electrons. The third kappa shape index (κ3) is 4.73. The van der Waals surface area contributed by atoms with Crippen molar-refractivity contribution < 1.29 is 19.1 Å². The molecule has 4 aromatic rings. The number of carbonyl (C=O) groups is 3. The number of H-pyrrole nitrogens is 1. The zero-order chi connectivity index (χ0) is 27.8. The molecule has 3 heterocycles. The molecule has 40 heavy (non-hydrogen) atoms. The summed E-state index contributed by atoms with van der Waals surface area (Å²) in [7, 11) is 4.10. The number of hydrogen-bond donors (Lipinski definition) is 2. The Hall–Kier alpha value is -4.17. The van der Waals surface area contributed by atoms with Gasteiger partial charge in [0.25, 0.3) is 11.8 Å². The Morgan fingerprint density at radius 2 is 1.68 bits per heavy atom. The maximum absolute atomic E-state index is 13.3. The first-order chi connectivity index (χ1) is 19.4. The second-order valence-corrected chi connectivity index (χ2v) is 11.0. The third-order valence-corrected chi connectivity index (χ3v) is 8.02. The first kappa shape index (κ1) is 26.1. The Kier molecular flexibility index (Phi) is 7.02. The van der Waals surface area contributed by atoms with Crippen molar-refractivity contribution in [1.29, 1.82) is 0 Å². The molecule has 0 bridgehead atoms. The lowest BCUT2D eigenvalue weighted by molar-refractivity contribution is -0.122. The van der Waals surface area contributed by atoms with Crippen LogP contribution in [0, 0.1) is 0 Å². The number of para-hydroxylation sites is 2. The number of fused-ring (bicyclic) bond motifs is 2. The van der Waals surface area contributed by atoms with E-state index in [0.29, 0.717) is 33.2 Å². The first-order valence-electron chi connectivity index (χ1n) is 14.1. The van der Waals surface area contributed by atoms with E-state index < -0.39 is 11.8 Å². The van der Waals surface area contributed by atoms with E-state index in [-0.39, 0.29) is 12.1 Å². The number of hydrogen-bond acceptors (Lipinski definition) is 5. The van der Waals surface area contributed by atoms with Gasteiger partial charge in [-0.2, -0.15) is 0 Å². The zero-order valence-electron chi connectivity index (χ0n) is 23.0. The molecule has 1 aliphatic heterocycles. The normalized spacial score (nSPS) is 16.5. The lowest BCUT2D eigenvalue weighted by atomic mass is 9.95. The van der Waals surface area contributed by atoms with Crippen molar-refractivity contribution in [3.05, 3.63) is 71.5 Å². The Morgan fingerprint density at radius 1 is 0.950 bits per heavy atom. The fraction of sp³-hybridized carbons (Fsp3) is 0.344. The van der Waals surface area contributed by atoms with Gasteiger partial charge in [-0.25, -0.2) is 4.79 Å². The van der Waals surface area contributed by atoms with Gasteiger partial charge in [0, 0.05) is 46.4 Å². The van der Waals surface area contributed by atoms with Crippen molar-refractivity contribution in [1.82, 2.24) is 19.8 Å². The van der Waals surface area contributed by atoms with E-state index in [4.69, 9.17) is 4.74 Å². The van der Waals surface area contributed by atoms with E-state index in [1.807, 2.05) is 50.6 Å². The standard InChI is InChI=1S/C32H34N4O4/c1-35(2)16-9-17-36-19-25(21-12-6-7-15-26(21)36)28-27(30(37)34-31(28)38)24-18-33-29-22(24)13-8-14-23(29)32(39)40-20-10-4-3-5-11-20/h6-8,12-15,18-20,33H,3-5,9-11,16-17H2,1-2H3,(H,34,37,38). The molecule has 1 fully saturated rings. The Morgan fingerprint density at radius 3 is 2.45 bits per heavy atom. The molecular weight excluding hydrogens is 504 g/mol. The molecule has 1 aliphatic carbocycles. The van der Waals surface area contributed by atoms with Crippen LogP contribution < -0.4 is 5.32 Å². The molecule has 8 nitrogen and oxygen atoms in total. The molecule has 2 N–H and O–H groups in total. The molecule has 8 heteroatoms. The maximum atomic E-state index is 13.3. The molecule has 0 atom stereocenters. The highest BCUT2D eigenvalue weighted by atomic mass is 16.5. The van der Waals surface area contributed by atoms with E-state index in [0.717, 1.165) is 61.7 Å². The van der Waals surface area contributed by atoms with Crippen molar-refractivity contribution in [2.24, 2.45) is 0 Å². The number of rotatable bonds is 8. The SMILES string of the molecule is CN(C)CCCn1cc(C2=C(c3c[nH]c4c(C(=O)OC5CCCCC5)cccc34)C(=O)NC2=O)c2ccccc21. The molecule has 2 aliphatic rings. The van der Waals surface area contributed by atoms with Gasteiger partial charge < -0.3 is 19.2 Å². The van der Waals surface area contributed by atoms with Crippen LogP contribution >= 0.6 is 0 Å². The molecule has 1 saturated carbocycles. The lowest BCUT2D eigenvalue weighted by Crippen LogP contribution is -2.22. The number of imide groups is 1. The van der Waals surface area contributed by atoms with Crippen LogP contribution in [0.2, 0.25) is 0 Å². The number of carbonyl (C=O) groups excluding carboxylic acids is 3. The second kappa shape index (κ2) is 10.8. The van der Waals surface area contributed by atoms with Gasteiger partial charge >= 0.3 is 5.97 Å². The van der Waals surface area contributed by atoms with Crippen LogP contribution in [0.3, 0.4) is 0 Å². The maximum Gasteiger partial charge on any atom is 0.340 e. The number of aromatic amines is 1. The minimum absolute atomic E-state index is 0.0616. The summed E-state index contributed by atoms with van der Waals surface area (Å²) in [5.41, 5.74) is 4.02. The molecule has 2 aromatic carbocycles. The van der Waals surface area contributed by atoms with E-state index >= 15 is 0 Å². The minimum Gasteiger partial charge on any atom is -0.459 e. The molecular formula is C32H34N4O4. The highest BCUT2D eigenvalue weighted by Gasteiger charge is 2.35. The number of aryl methyl sites for hydroxylation is 1. The minimum atomic E-state index is -0.444. The van der Waals surface area contributed by atoms with Gasteiger partial charge in [0.1, 0.15) is 6.10 Å². The van der Waals surface area contributed by atoms with Crippen LogP contribution in [0.5, 0.6) is 0 Å². The second-order valence-electron chi connectivity index (χ2n) is 11.0. The van der Waals surface area contributed by atoms with Crippen molar-refractivity contribution >= 4 is 50.7 Å². The van der Waals surface area contributed by atoms with Crippen LogP contribution in [-0.4, -0.2) is 59.0 Å². The van der Waals surface area contributed by atoms with Crippen molar-refractivity contribution in [2.45, 2.75) is 51.2 Å². The van der Waals surface area contributed by atoms with Gasteiger partial charge in [-0.05, 0) is 64.9 Å². The summed E-state index contributed by atoms with van der Waals surface area (Å²) in [5, 5.41) is 4.14. The molecule has 0 spiro atoms. The van der Waals surface area contributed by atoms with Gasteiger partial charge in [-0.3, -0.25) is 14.9 Å². The Balaban J connectivity index is 1.43. The summed E-state index contributed by atoms with van der Waals surface area (Å²) >= 11 is 0. The summed E-state index contributed by atoms with van der Waals surface area (Å²) in [6.45, 7) is 1.73. The first-order valence-corrected chi connectivity index (χ1v) is 14.1. The molecule has 6 rings (SSSR count). The van der Waals surface area contributed by atoms with Crippen LogP contribution in [0.25, 0.3) is 33.0 Å². The number of benzene rings is 2. The van der Waals surface area contributed by atoms with Crippen LogP contribution in [0.1, 0.15) is 60.0 Å². The van der Waals surface area contributed by atoms with Gasteiger partial charge in [0.05, 0.1) is 22.2 Å². The Bertz CT molecular complexity index is 1650. The number of nitrogens with one attached hydrogen (secondary N) is 2. The summed E-state index contributed by atoms with van der Waals surface area (Å²) in [4.78, 5) is 45.1. The van der Waals surface area contributed by atoms with Crippen molar-refractivity contribution in [3.63, 3.8) is 0 Å². The van der Waals surface area contributed by atoms with E-state index in [2.05, 4.69) is 19.8 Å². The fourth-order valence-corrected chi connectivity index (χ4v) is 6.09. The largest absolute Gasteiger partial charge is 0.459 e. The fourth-order valence-electron chi connectivity index (χ4n) is 6.09. The molecule has 0 saturated heterocycles. The van der Waals surface area contributed by atoms with Gasteiger partial charge in [-0.15, -0.1) is 0 Å². The summed E-state index contributed by atoms with van der Waals surface area (Å²) in [5.74, 6) is -1.23. The van der Waals surface area contributed by atoms with Gasteiger partial charge in [0.15, 0.2) is 0 Å². The highest BCUT2D eigenvalue weighted by Crippen LogP contribution is 2.39. The number of ether oxygens (including phenoxy) is 1. The number of esters is 1. The van der Waals surface area contributed by atoms with E-state index in [1.54, 1.807) is 18.3 Å². The third-order valence-electron chi connectivity index (χ3n) is 8.02. The topological polar surface area (TPSA) is 96.4 Å². The predicted molar refractivity (Wildman–Crippen MR) is 156 cm³/mol. The number of nitrogens with zero attached hydrogens (tertiary/aromatic N) is 2. The van der Waals surface area contributed by atoms with Crippen molar-refractivity contribution in [3.8, 4) is 0 Å². The monoisotopic (exact) mass is 538 g/mol. The smallest absolute Gasteiger partial charge is 0.340 e. The summed E-state index contributed by atoms with van der Waals surface area (Å²) < 4.78 is 7.99. The molecule has 2 amide bonds. The molecule has 2 aromatic heterocycles. The van der Waals surface area contributed by atoms with E-state index in [9.17, 15) is 14.4 Å². The number of aromatic nitrogens is 2. The molecule has 206 valence electrons. The van der Waals surface area contributed by atoms with Crippen LogP contribution in [-0.2, 0) is 20.9 Å².